The second-order valence-corrected chi connectivity index (χ2v) is 6.21. The standard InChI is InChI=1S/C17H18BrClO2/c1-11-8-17(21-3)13(10-14(11)18)15(19)9-12-6-4-5-7-16(12)20-2/h4-8,10,15H,9H2,1-3H3. The molecule has 0 saturated carbocycles. The normalized spacial score (nSPS) is 12.0. The van der Waals surface area contributed by atoms with Gasteiger partial charge in [0.25, 0.3) is 0 Å². The molecule has 2 nitrogen and oxygen atoms in total. The predicted molar refractivity (Wildman–Crippen MR) is 90.7 cm³/mol. The van der Waals surface area contributed by atoms with E-state index in [2.05, 4.69) is 15.9 Å². The largest absolute Gasteiger partial charge is 0.496 e. The van der Waals surface area contributed by atoms with Crippen molar-refractivity contribution in [3.8, 4) is 11.5 Å². The van der Waals surface area contributed by atoms with Crippen LogP contribution in [-0.4, -0.2) is 14.2 Å². The smallest absolute Gasteiger partial charge is 0.123 e. The Kier molecular flexibility index (Phi) is 5.54. The zero-order chi connectivity index (χ0) is 15.4. The van der Waals surface area contributed by atoms with Crippen molar-refractivity contribution in [3.05, 3.63) is 57.6 Å². The summed E-state index contributed by atoms with van der Waals surface area (Å²) in [5.74, 6) is 1.67. The van der Waals surface area contributed by atoms with Gasteiger partial charge in [0.05, 0.1) is 19.6 Å². The molecular weight excluding hydrogens is 352 g/mol. The molecule has 2 aromatic rings. The number of para-hydroxylation sites is 1. The average Bonchev–Trinajstić information content (AvgIpc) is 2.50. The Hall–Kier alpha value is -1.19. The first-order valence-corrected chi connectivity index (χ1v) is 7.89. The number of hydrogen-bond acceptors (Lipinski definition) is 2. The first-order valence-electron chi connectivity index (χ1n) is 6.66. The molecule has 21 heavy (non-hydrogen) atoms. The maximum absolute atomic E-state index is 6.62. The number of aryl methyl sites for hydroxylation is 1. The summed E-state index contributed by atoms with van der Waals surface area (Å²) < 4.78 is 11.9. The van der Waals surface area contributed by atoms with Crippen LogP contribution in [0.1, 0.15) is 22.1 Å². The van der Waals surface area contributed by atoms with Crippen molar-refractivity contribution >= 4 is 27.5 Å². The molecule has 0 fully saturated rings. The molecule has 0 aliphatic carbocycles. The first-order chi connectivity index (χ1) is 10.1. The summed E-state index contributed by atoms with van der Waals surface area (Å²) in [5, 5.41) is -0.187. The first kappa shape index (κ1) is 16.2. The molecule has 0 aromatic heterocycles. The third-order valence-corrected chi connectivity index (χ3v) is 4.68. The molecule has 1 atom stereocenters. The molecule has 0 heterocycles. The highest BCUT2D eigenvalue weighted by atomic mass is 79.9. The van der Waals surface area contributed by atoms with E-state index < -0.39 is 0 Å². The molecule has 4 heteroatoms. The van der Waals surface area contributed by atoms with E-state index in [1.807, 2.05) is 43.3 Å². The van der Waals surface area contributed by atoms with E-state index in [-0.39, 0.29) is 5.38 Å². The molecule has 0 bridgehead atoms. The number of rotatable bonds is 5. The van der Waals surface area contributed by atoms with Gasteiger partial charge in [0.15, 0.2) is 0 Å². The fourth-order valence-corrected chi connectivity index (χ4v) is 2.96. The SMILES string of the molecule is COc1ccccc1CC(Cl)c1cc(Br)c(C)cc1OC. The van der Waals surface area contributed by atoms with Gasteiger partial charge in [-0.3, -0.25) is 0 Å². The third-order valence-electron chi connectivity index (χ3n) is 3.44. The maximum Gasteiger partial charge on any atom is 0.123 e. The van der Waals surface area contributed by atoms with Gasteiger partial charge in [-0.2, -0.15) is 0 Å². The Morgan fingerprint density at radius 1 is 1.10 bits per heavy atom. The summed E-state index contributed by atoms with van der Waals surface area (Å²) in [4.78, 5) is 0. The zero-order valence-corrected chi connectivity index (χ0v) is 14.7. The lowest BCUT2D eigenvalue weighted by Crippen LogP contribution is -2.02. The molecule has 2 aromatic carbocycles. The van der Waals surface area contributed by atoms with Crippen molar-refractivity contribution in [2.75, 3.05) is 14.2 Å². The summed E-state index contributed by atoms with van der Waals surface area (Å²) in [7, 11) is 3.34. The Morgan fingerprint density at radius 3 is 2.43 bits per heavy atom. The lowest BCUT2D eigenvalue weighted by atomic mass is 10.0. The second kappa shape index (κ2) is 7.19. The highest BCUT2D eigenvalue weighted by Crippen LogP contribution is 2.37. The quantitative estimate of drug-likeness (QED) is 0.666. The van der Waals surface area contributed by atoms with Crippen molar-refractivity contribution in [3.63, 3.8) is 0 Å². The van der Waals surface area contributed by atoms with E-state index in [9.17, 15) is 0 Å². The molecule has 0 aliphatic heterocycles. The third kappa shape index (κ3) is 3.72. The molecule has 0 aliphatic rings. The lowest BCUT2D eigenvalue weighted by Gasteiger charge is -2.17. The van der Waals surface area contributed by atoms with Gasteiger partial charge in [0, 0.05) is 10.0 Å². The molecule has 2 rings (SSSR count). The van der Waals surface area contributed by atoms with Crippen LogP contribution in [0.15, 0.2) is 40.9 Å². The number of ether oxygens (including phenoxy) is 2. The van der Waals surface area contributed by atoms with Gasteiger partial charge in [-0.15, -0.1) is 11.6 Å². The number of halogens is 2. The Balaban J connectivity index is 2.32. The number of alkyl halides is 1. The van der Waals surface area contributed by atoms with Gasteiger partial charge >= 0.3 is 0 Å². The molecule has 112 valence electrons. The molecule has 0 saturated heterocycles. The highest BCUT2D eigenvalue weighted by molar-refractivity contribution is 9.10. The van der Waals surface area contributed by atoms with E-state index in [1.54, 1.807) is 14.2 Å². The van der Waals surface area contributed by atoms with Crippen molar-refractivity contribution in [1.82, 2.24) is 0 Å². The van der Waals surface area contributed by atoms with Crippen LogP contribution in [0.3, 0.4) is 0 Å². The average molecular weight is 370 g/mol. The molecule has 0 spiro atoms. The van der Waals surface area contributed by atoms with Crippen LogP contribution in [0.5, 0.6) is 11.5 Å². The number of hydrogen-bond donors (Lipinski definition) is 0. The maximum atomic E-state index is 6.62. The molecule has 0 N–H and O–H groups in total. The Bertz CT molecular complexity index is 628. The summed E-state index contributed by atoms with van der Waals surface area (Å²) >= 11 is 10.2. The minimum atomic E-state index is -0.187. The molecule has 0 radical (unpaired) electrons. The lowest BCUT2D eigenvalue weighted by molar-refractivity contribution is 0.405. The fraction of sp³-hybridized carbons (Fsp3) is 0.294. The van der Waals surface area contributed by atoms with Crippen LogP contribution < -0.4 is 9.47 Å². The van der Waals surface area contributed by atoms with Gasteiger partial charge in [0.1, 0.15) is 11.5 Å². The molecule has 0 amide bonds. The summed E-state index contributed by atoms with van der Waals surface area (Å²) in [6.07, 6.45) is 0.678. The van der Waals surface area contributed by atoms with Crippen LogP contribution in [0.4, 0.5) is 0 Å². The molecule has 1 unspecified atom stereocenters. The van der Waals surface area contributed by atoms with Crippen LogP contribution >= 0.6 is 27.5 Å². The summed E-state index contributed by atoms with van der Waals surface area (Å²) in [6.45, 7) is 2.03. The topological polar surface area (TPSA) is 18.5 Å². The van der Waals surface area contributed by atoms with E-state index >= 15 is 0 Å². The van der Waals surface area contributed by atoms with E-state index in [0.29, 0.717) is 6.42 Å². The van der Waals surface area contributed by atoms with E-state index in [4.69, 9.17) is 21.1 Å². The summed E-state index contributed by atoms with van der Waals surface area (Å²) in [6, 6.07) is 11.9. The minimum Gasteiger partial charge on any atom is -0.496 e. The van der Waals surface area contributed by atoms with Crippen molar-refractivity contribution < 1.29 is 9.47 Å². The van der Waals surface area contributed by atoms with Crippen molar-refractivity contribution in [1.29, 1.82) is 0 Å². The van der Waals surface area contributed by atoms with Gasteiger partial charge in [-0.25, -0.2) is 0 Å². The highest BCUT2D eigenvalue weighted by Gasteiger charge is 2.17. The monoisotopic (exact) mass is 368 g/mol. The second-order valence-electron chi connectivity index (χ2n) is 4.83. The Labute approximate surface area is 139 Å². The van der Waals surface area contributed by atoms with Crippen molar-refractivity contribution in [2.24, 2.45) is 0 Å². The number of benzene rings is 2. The van der Waals surface area contributed by atoms with Crippen molar-refractivity contribution in [2.45, 2.75) is 18.7 Å². The minimum absolute atomic E-state index is 0.187. The predicted octanol–water partition coefficient (Wildman–Crippen LogP) is 5.30. The van der Waals surface area contributed by atoms with Gasteiger partial charge in [-0.05, 0) is 42.7 Å². The van der Waals surface area contributed by atoms with E-state index in [1.165, 1.54) is 0 Å². The molecular formula is C17H18BrClO2. The van der Waals surface area contributed by atoms with Crippen LogP contribution in [0, 0.1) is 6.92 Å². The summed E-state index contributed by atoms with van der Waals surface area (Å²) in [5.41, 5.74) is 3.18. The van der Waals surface area contributed by atoms with Gasteiger partial charge in [0.2, 0.25) is 0 Å². The number of methoxy groups -OCH3 is 2. The van der Waals surface area contributed by atoms with Crippen LogP contribution in [0.25, 0.3) is 0 Å². The fourth-order valence-electron chi connectivity index (χ4n) is 2.27. The van der Waals surface area contributed by atoms with Crippen LogP contribution in [0.2, 0.25) is 0 Å². The van der Waals surface area contributed by atoms with Gasteiger partial charge < -0.3 is 9.47 Å². The van der Waals surface area contributed by atoms with E-state index in [0.717, 1.165) is 32.7 Å². The zero-order valence-electron chi connectivity index (χ0n) is 12.3. The Morgan fingerprint density at radius 2 is 1.76 bits per heavy atom. The van der Waals surface area contributed by atoms with Gasteiger partial charge in [-0.1, -0.05) is 34.1 Å². The van der Waals surface area contributed by atoms with Crippen LogP contribution in [-0.2, 0) is 6.42 Å².